The molecule has 0 aliphatic heterocycles. The van der Waals surface area contributed by atoms with E-state index in [0.29, 0.717) is 17.3 Å². The van der Waals surface area contributed by atoms with E-state index in [0.717, 1.165) is 17.3 Å². The molecule has 0 N–H and O–H groups in total. The molecule has 0 saturated carbocycles. The van der Waals surface area contributed by atoms with Crippen LogP contribution in [0.2, 0.25) is 0 Å². The molecule has 100 valence electrons. The predicted molar refractivity (Wildman–Crippen MR) is 71.0 cm³/mol. The first-order valence-corrected chi connectivity index (χ1v) is 6.97. The summed E-state index contributed by atoms with van der Waals surface area (Å²) in [6.07, 6.45) is -0.114. The standard InChI is InChI=1S/C11H15Cl2F3S/c1-8(6-10(13)3-4-12)5-9(2)17-7-11(14,15)16/h3,5,9H,4,6-7H2,1-2H3/b8-5-,10-3+. The van der Waals surface area contributed by atoms with Crippen LogP contribution in [-0.4, -0.2) is 23.1 Å². The molecule has 0 rings (SSSR count). The van der Waals surface area contributed by atoms with Gasteiger partial charge in [-0.3, -0.25) is 0 Å². The van der Waals surface area contributed by atoms with Crippen LogP contribution in [-0.2, 0) is 0 Å². The lowest BCUT2D eigenvalue weighted by atomic mass is 10.2. The van der Waals surface area contributed by atoms with E-state index >= 15 is 0 Å². The summed E-state index contributed by atoms with van der Waals surface area (Å²) < 4.78 is 35.9. The fourth-order valence-electron chi connectivity index (χ4n) is 1.16. The topological polar surface area (TPSA) is 0 Å². The van der Waals surface area contributed by atoms with Crippen LogP contribution in [0.1, 0.15) is 20.3 Å². The summed E-state index contributed by atoms with van der Waals surface area (Å²) in [5.74, 6) is -0.492. The highest BCUT2D eigenvalue weighted by Gasteiger charge is 2.27. The van der Waals surface area contributed by atoms with Gasteiger partial charge in [-0.15, -0.1) is 23.4 Å². The van der Waals surface area contributed by atoms with Crippen molar-refractivity contribution in [3.63, 3.8) is 0 Å². The second-order valence-corrected chi connectivity index (χ2v) is 5.79. The van der Waals surface area contributed by atoms with Crippen molar-refractivity contribution in [3.8, 4) is 0 Å². The maximum Gasteiger partial charge on any atom is 0.397 e. The quantitative estimate of drug-likeness (QED) is 0.469. The number of rotatable bonds is 6. The largest absolute Gasteiger partial charge is 0.397 e. The van der Waals surface area contributed by atoms with Gasteiger partial charge in [-0.2, -0.15) is 13.2 Å². The zero-order valence-corrected chi connectivity index (χ0v) is 12.0. The van der Waals surface area contributed by atoms with Gasteiger partial charge >= 0.3 is 6.18 Å². The first-order chi connectivity index (χ1) is 7.74. The maximum absolute atomic E-state index is 12.0. The van der Waals surface area contributed by atoms with E-state index in [-0.39, 0.29) is 5.25 Å². The fraction of sp³-hybridized carbons (Fsp3) is 0.636. The van der Waals surface area contributed by atoms with Gasteiger partial charge in [-0.1, -0.05) is 29.3 Å². The van der Waals surface area contributed by atoms with Crippen molar-refractivity contribution in [2.24, 2.45) is 0 Å². The zero-order chi connectivity index (χ0) is 13.5. The summed E-state index contributed by atoms with van der Waals surface area (Å²) in [6, 6.07) is 0. The lowest BCUT2D eigenvalue weighted by molar-refractivity contribution is -0.105. The minimum Gasteiger partial charge on any atom is -0.170 e. The van der Waals surface area contributed by atoms with Crippen LogP contribution in [0.5, 0.6) is 0 Å². The molecule has 1 atom stereocenters. The molecule has 0 aliphatic carbocycles. The zero-order valence-electron chi connectivity index (χ0n) is 9.65. The van der Waals surface area contributed by atoms with Gasteiger partial charge in [-0.05, 0) is 13.8 Å². The molecule has 17 heavy (non-hydrogen) atoms. The molecule has 0 amide bonds. The van der Waals surface area contributed by atoms with Crippen LogP contribution in [0.15, 0.2) is 22.8 Å². The second kappa shape index (κ2) is 8.33. The van der Waals surface area contributed by atoms with Gasteiger partial charge in [-0.25, -0.2) is 0 Å². The van der Waals surface area contributed by atoms with Crippen molar-refractivity contribution in [2.75, 3.05) is 11.6 Å². The highest BCUT2D eigenvalue weighted by molar-refractivity contribution is 8.00. The highest BCUT2D eigenvalue weighted by atomic mass is 35.5. The Bertz CT molecular complexity index is 285. The van der Waals surface area contributed by atoms with Gasteiger partial charge in [0.15, 0.2) is 0 Å². The van der Waals surface area contributed by atoms with E-state index < -0.39 is 11.9 Å². The molecule has 6 heteroatoms. The van der Waals surface area contributed by atoms with Crippen LogP contribution in [0.3, 0.4) is 0 Å². The predicted octanol–water partition coefficient (Wildman–Crippen LogP) is 5.37. The number of hydrogen-bond donors (Lipinski definition) is 0. The normalized spacial score (nSPS) is 16.2. The highest BCUT2D eigenvalue weighted by Crippen LogP contribution is 2.26. The molecular weight excluding hydrogens is 292 g/mol. The van der Waals surface area contributed by atoms with Crippen molar-refractivity contribution in [1.82, 2.24) is 0 Å². The lowest BCUT2D eigenvalue weighted by Crippen LogP contribution is -2.13. The number of hydrogen-bond acceptors (Lipinski definition) is 1. The molecule has 0 bridgehead atoms. The van der Waals surface area contributed by atoms with Crippen molar-refractivity contribution in [2.45, 2.75) is 31.7 Å². The monoisotopic (exact) mass is 306 g/mol. The Morgan fingerprint density at radius 2 is 2.00 bits per heavy atom. The summed E-state index contributed by atoms with van der Waals surface area (Å²) in [5.41, 5.74) is 0.943. The summed E-state index contributed by atoms with van der Waals surface area (Å²) in [4.78, 5) is 0. The van der Waals surface area contributed by atoms with Gasteiger partial charge in [0, 0.05) is 22.6 Å². The van der Waals surface area contributed by atoms with Crippen LogP contribution in [0, 0.1) is 0 Å². The Balaban J connectivity index is 4.15. The van der Waals surface area contributed by atoms with Crippen LogP contribution < -0.4 is 0 Å². The Kier molecular flexibility index (Phi) is 8.43. The molecule has 0 saturated heterocycles. The molecule has 0 aromatic rings. The lowest BCUT2D eigenvalue weighted by Gasteiger charge is -2.10. The Hall–Kier alpha value is 0.200. The molecule has 0 heterocycles. The third-order valence-electron chi connectivity index (χ3n) is 1.78. The van der Waals surface area contributed by atoms with Crippen LogP contribution in [0.4, 0.5) is 13.2 Å². The first kappa shape index (κ1) is 17.2. The molecular formula is C11H15Cl2F3S. The van der Waals surface area contributed by atoms with E-state index in [9.17, 15) is 13.2 Å². The smallest absolute Gasteiger partial charge is 0.170 e. The minimum atomic E-state index is -4.11. The van der Waals surface area contributed by atoms with Crippen molar-refractivity contribution in [1.29, 1.82) is 0 Å². The Morgan fingerprint density at radius 3 is 2.47 bits per heavy atom. The molecule has 0 nitrogen and oxygen atoms in total. The molecule has 0 fully saturated rings. The van der Waals surface area contributed by atoms with Crippen molar-refractivity contribution in [3.05, 3.63) is 22.8 Å². The van der Waals surface area contributed by atoms with Crippen molar-refractivity contribution < 1.29 is 13.2 Å². The molecule has 0 aliphatic rings. The molecule has 1 unspecified atom stereocenters. The maximum atomic E-state index is 12.0. The minimum absolute atomic E-state index is 0.183. The van der Waals surface area contributed by atoms with Gasteiger partial charge in [0.25, 0.3) is 0 Å². The summed E-state index contributed by atoms with van der Waals surface area (Å²) in [6.45, 7) is 3.58. The van der Waals surface area contributed by atoms with Crippen LogP contribution in [0.25, 0.3) is 0 Å². The molecule has 0 spiro atoms. The molecule has 0 aromatic heterocycles. The van der Waals surface area contributed by atoms with Crippen molar-refractivity contribution >= 4 is 35.0 Å². The average Bonchev–Trinajstić information content (AvgIpc) is 2.13. The fourth-order valence-corrected chi connectivity index (χ4v) is 2.49. The van der Waals surface area contributed by atoms with Gasteiger partial charge in [0.05, 0.1) is 5.75 Å². The third kappa shape index (κ3) is 11.0. The average molecular weight is 307 g/mol. The first-order valence-electron chi connectivity index (χ1n) is 5.00. The number of thioether (sulfide) groups is 1. The van der Waals surface area contributed by atoms with E-state index in [1.54, 1.807) is 19.1 Å². The SMILES string of the molecule is C/C(=C/C(C)SCC(F)(F)F)C/C(Cl)=C\CCl. The van der Waals surface area contributed by atoms with Gasteiger partial charge in [0.2, 0.25) is 0 Å². The van der Waals surface area contributed by atoms with E-state index in [2.05, 4.69) is 0 Å². The summed E-state index contributed by atoms with van der Waals surface area (Å²) in [5, 5.41) is 0.430. The van der Waals surface area contributed by atoms with E-state index in [1.165, 1.54) is 0 Å². The number of allylic oxidation sites excluding steroid dienone is 3. The van der Waals surface area contributed by atoms with Crippen LogP contribution >= 0.6 is 35.0 Å². The molecule has 0 aromatic carbocycles. The van der Waals surface area contributed by atoms with Gasteiger partial charge in [0.1, 0.15) is 0 Å². The third-order valence-corrected chi connectivity index (χ3v) is 3.37. The Morgan fingerprint density at radius 1 is 1.41 bits per heavy atom. The second-order valence-electron chi connectivity index (χ2n) is 3.63. The molecule has 0 radical (unpaired) electrons. The summed E-state index contributed by atoms with van der Waals surface area (Å²) >= 11 is 12.2. The number of alkyl halides is 4. The van der Waals surface area contributed by atoms with E-state index in [4.69, 9.17) is 23.2 Å². The summed E-state index contributed by atoms with van der Waals surface area (Å²) in [7, 11) is 0. The number of halogens is 5. The Labute approximate surface area is 114 Å². The van der Waals surface area contributed by atoms with Gasteiger partial charge < -0.3 is 0 Å². The van der Waals surface area contributed by atoms with E-state index in [1.807, 2.05) is 6.92 Å².